The highest BCUT2D eigenvalue weighted by molar-refractivity contribution is 14.1. The van der Waals surface area contributed by atoms with Crippen LogP contribution in [0.15, 0.2) is 17.6 Å². The molecule has 0 bridgehead atoms. The Morgan fingerprint density at radius 1 is 1.64 bits per heavy atom. The first-order chi connectivity index (χ1) is 6.81. The van der Waals surface area contributed by atoms with E-state index >= 15 is 0 Å². The minimum atomic E-state index is 0.363. The molecular formula is C7H4IN5S. The van der Waals surface area contributed by atoms with Crippen LogP contribution in [0.2, 0.25) is 0 Å². The highest BCUT2D eigenvalue weighted by atomic mass is 127. The third kappa shape index (κ3) is 1.80. The van der Waals surface area contributed by atoms with Crippen LogP contribution in [0.3, 0.4) is 0 Å². The molecule has 0 saturated heterocycles. The van der Waals surface area contributed by atoms with Crippen LogP contribution in [-0.4, -0.2) is 25.3 Å². The molecule has 2 rings (SSSR count). The van der Waals surface area contributed by atoms with E-state index in [9.17, 15) is 0 Å². The predicted octanol–water partition coefficient (Wildman–Crippen LogP) is 1.34. The molecule has 0 fully saturated rings. The summed E-state index contributed by atoms with van der Waals surface area (Å²) in [5.74, 6) is 0.363. The van der Waals surface area contributed by atoms with Gasteiger partial charge in [0.05, 0.1) is 11.8 Å². The van der Waals surface area contributed by atoms with Crippen molar-refractivity contribution < 1.29 is 0 Å². The Bertz CT molecular complexity index is 502. The molecule has 0 unspecified atom stereocenters. The van der Waals surface area contributed by atoms with Gasteiger partial charge in [-0.1, -0.05) is 11.8 Å². The maximum atomic E-state index is 8.47. The zero-order valence-corrected chi connectivity index (χ0v) is 9.86. The minimum absolute atomic E-state index is 0.363. The Labute approximate surface area is 97.7 Å². The molecule has 0 saturated carbocycles. The molecule has 0 radical (unpaired) electrons. The number of thioether (sulfide) groups is 1. The van der Waals surface area contributed by atoms with Crippen LogP contribution in [0, 0.1) is 15.0 Å². The van der Waals surface area contributed by atoms with E-state index in [2.05, 4.69) is 43.7 Å². The van der Waals surface area contributed by atoms with Gasteiger partial charge in [0.2, 0.25) is 0 Å². The zero-order chi connectivity index (χ0) is 9.97. The van der Waals surface area contributed by atoms with Gasteiger partial charge in [-0.05, 0) is 22.6 Å². The van der Waals surface area contributed by atoms with Crippen molar-refractivity contribution >= 4 is 40.0 Å². The second-order valence-corrected chi connectivity index (χ2v) is 4.39. The lowest BCUT2D eigenvalue weighted by atomic mass is 10.6. The Kier molecular flexibility index (Phi) is 2.83. The lowest BCUT2D eigenvalue weighted by Gasteiger charge is -2.00. The fraction of sp³-hybridized carbons (Fsp3) is 0.143. The van der Waals surface area contributed by atoms with Gasteiger partial charge in [-0.3, -0.25) is 0 Å². The molecule has 0 aliphatic carbocycles. The molecule has 2 aromatic heterocycles. The minimum Gasteiger partial charge on any atom is -0.216 e. The molecule has 5 nitrogen and oxygen atoms in total. The topological polar surface area (TPSA) is 66.9 Å². The monoisotopic (exact) mass is 317 g/mol. The van der Waals surface area contributed by atoms with Crippen molar-refractivity contribution in [3.8, 4) is 6.07 Å². The summed E-state index contributed by atoms with van der Waals surface area (Å²) < 4.78 is 2.48. The second-order valence-electron chi connectivity index (χ2n) is 2.34. The Morgan fingerprint density at radius 3 is 3.29 bits per heavy atom. The van der Waals surface area contributed by atoms with Gasteiger partial charge in [0.25, 0.3) is 0 Å². The number of rotatable bonds is 2. The summed E-state index contributed by atoms with van der Waals surface area (Å²) in [7, 11) is 0. The smallest absolute Gasteiger partial charge is 0.192 e. The van der Waals surface area contributed by atoms with Crippen molar-refractivity contribution in [3.05, 3.63) is 16.1 Å². The molecule has 0 amide bonds. The molecule has 0 spiro atoms. The van der Waals surface area contributed by atoms with Gasteiger partial charge in [0.1, 0.15) is 10.0 Å². The third-order valence-electron chi connectivity index (χ3n) is 1.47. The Hall–Kier alpha value is -0.880. The van der Waals surface area contributed by atoms with Crippen molar-refractivity contribution in [2.24, 2.45) is 0 Å². The van der Waals surface area contributed by atoms with Gasteiger partial charge < -0.3 is 0 Å². The average Bonchev–Trinajstić information content (AvgIpc) is 2.61. The van der Waals surface area contributed by atoms with Gasteiger partial charge in [0.15, 0.2) is 10.8 Å². The summed E-state index contributed by atoms with van der Waals surface area (Å²) >= 11 is 3.47. The summed E-state index contributed by atoms with van der Waals surface area (Å²) in [5.41, 5.74) is 0.754. The number of nitriles is 1. The summed E-state index contributed by atoms with van der Waals surface area (Å²) in [6.07, 6.45) is 1.48. The van der Waals surface area contributed by atoms with Gasteiger partial charge in [0, 0.05) is 6.07 Å². The molecule has 14 heavy (non-hydrogen) atoms. The first-order valence-electron chi connectivity index (χ1n) is 3.67. The summed E-state index contributed by atoms with van der Waals surface area (Å²) in [6, 6.07) is 3.89. The van der Waals surface area contributed by atoms with Crippen LogP contribution in [0.4, 0.5) is 0 Å². The molecule has 2 heterocycles. The first kappa shape index (κ1) is 9.67. The fourth-order valence-corrected chi connectivity index (χ4v) is 2.25. The van der Waals surface area contributed by atoms with Crippen LogP contribution < -0.4 is 0 Å². The largest absolute Gasteiger partial charge is 0.216 e. The molecule has 0 atom stereocenters. The van der Waals surface area contributed by atoms with Gasteiger partial charge in [-0.15, -0.1) is 0 Å². The van der Waals surface area contributed by atoms with Crippen molar-refractivity contribution in [2.45, 2.75) is 5.16 Å². The van der Waals surface area contributed by atoms with E-state index in [0.29, 0.717) is 10.9 Å². The van der Waals surface area contributed by atoms with E-state index in [1.54, 1.807) is 4.52 Å². The van der Waals surface area contributed by atoms with Crippen LogP contribution >= 0.6 is 34.4 Å². The maximum absolute atomic E-state index is 8.47. The Morgan fingerprint density at radius 2 is 2.50 bits per heavy atom. The summed E-state index contributed by atoms with van der Waals surface area (Å²) in [5, 5.41) is 13.2. The second kappa shape index (κ2) is 4.10. The van der Waals surface area contributed by atoms with Crippen molar-refractivity contribution in [1.82, 2.24) is 19.6 Å². The van der Waals surface area contributed by atoms with Crippen LogP contribution in [-0.2, 0) is 0 Å². The molecule has 7 heteroatoms. The highest BCUT2D eigenvalue weighted by Gasteiger charge is 2.06. The van der Waals surface area contributed by atoms with E-state index in [1.807, 2.05) is 6.07 Å². The van der Waals surface area contributed by atoms with Crippen molar-refractivity contribution in [1.29, 1.82) is 5.26 Å². The molecule has 0 N–H and O–H groups in total. The molecule has 2 aromatic rings. The van der Waals surface area contributed by atoms with Gasteiger partial charge in [-0.2, -0.15) is 14.9 Å². The highest BCUT2D eigenvalue weighted by Crippen LogP contribution is 2.17. The van der Waals surface area contributed by atoms with Crippen molar-refractivity contribution in [2.75, 3.05) is 5.75 Å². The number of nitrogens with zero attached hydrogens (tertiary/aromatic N) is 5. The average molecular weight is 317 g/mol. The summed E-state index contributed by atoms with van der Waals surface area (Å²) in [6.45, 7) is 0. The number of fused-ring (bicyclic) bond motifs is 1. The molecular weight excluding hydrogens is 313 g/mol. The fourth-order valence-electron chi connectivity index (χ4n) is 0.964. The SMILES string of the molecule is N#CCSc1nc(I)cc2ncnn12. The number of hydrogen-bond acceptors (Lipinski definition) is 5. The standard InChI is InChI=1S/C7H4IN5S/c8-5-3-6-10-4-11-13(6)7(12-5)14-2-1-9/h3-4H,2H2. The van der Waals surface area contributed by atoms with E-state index in [4.69, 9.17) is 5.26 Å². The van der Waals surface area contributed by atoms with Crippen molar-refractivity contribution in [3.63, 3.8) is 0 Å². The predicted molar refractivity (Wildman–Crippen MR) is 59.8 cm³/mol. The van der Waals surface area contributed by atoms with Gasteiger partial charge >= 0.3 is 0 Å². The number of aromatic nitrogens is 4. The van der Waals surface area contributed by atoms with E-state index in [1.165, 1.54) is 18.1 Å². The third-order valence-corrected chi connectivity index (χ3v) is 2.82. The van der Waals surface area contributed by atoms with Crippen LogP contribution in [0.25, 0.3) is 5.65 Å². The lowest BCUT2D eigenvalue weighted by Crippen LogP contribution is -1.98. The van der Waals surface area contributed by atoms with E-state index in [-0.39, 0.29) is 0 Å². The normalized spacial score (nSPS) is 10.3. The van der Waals surface area contributed by atoms with E-state index in [0.717, 1.165) is 9.35 Å². The lowest BCUT2D eigenvalue weighted by molar-refractivity contribution is 0.787. The molecule has 70 valence electrons. The summed E-state index contributed by atoms with van der Waals surface area (Å²) in [4.78, 5) is 8.33. The maximum Gasteiger partial charge on any atom is 0.192 e. The number of hydrogen-bond donors (Lipinski definition) is 0. The number of halogens is 1. The Balaban J connectivity index is 2.51. The van der Waals surface area contributed by atoms with Gasteiger partial charge in [-0.25, -0.2) is 9.97 Å². The van der Waals surface area contributed by atoms with Crippen LogP contribution in [0.1, 0.15) is 0 Å². The first-order valence-corrected chi connectivity index (χ1v) is 5.74. The molecule has 0 aliphatic heterocycles. The van der Waals surface area contributed by atoms with Crippen LogP contribution in [0.5, 0.6) is 0 Å². The zero-order valence-electron chi connectivity index (χ0n) is 6.88. The molecule has 0 aliphatic rings. The quantitative estimate of drug-likeness (QED) is 0.362. The van der Waals surface area contributed by atoms with E-state index < -0.39 is 0 Å². The molecule has 0 aromatic carbocycles.